The zero-order valence-corrected chi connectivity index (χ0v) is 7.21. The Labute approximate surface area is 72.0 Å². The summed E-state index contributed by atoms with van der Waals surface area (Å²) in [5, 5.41) is 35.9. The maximum Gasteiger partial charge on any atom is 0.257 e. The predicted molar refractivity (Wildman–Crippen MR) is 44.2 cm³/mol. The number of hydrogen-bond acceptors (Lipinski definition) is 5. The van der Waals surface area contributed by atoms with Gasteiger partial charge in [-0.05, 0) is 6.92 Å². The Morgan fingerprint density at radius 1 is 1.25 bits per heavy atom. The molecule has 4 N–H and O–H groups in total. The van der Waals surface area contributed by atoms with Crippen LogP contribution in [-0.2, 0) is 4.65 Å². The summed E-state index contributed by atoms with van der Waals surface area (Å²) in [5.41, 5.74) is 0. The molecule has 6 heteroatoms. The zero-order chi connectivity index (χ0) is 9.72. The second kappa shape index (κ2) is 5.50. The van der Waals surface area contributed by atoms with Crippen molar-refractivity contribution in [3.63, 3.8) is 0 Å². The van der Waals surface area contributed by atoms with E-state index in [0.717, 1.165) is 0 Å². The third kappa shape index (κ3) is 3.08. The standard InChI is InChI=1S/C6H15BO5/c1-3(9)5(10)6(11)4(2-8)12-7/h3-6,8-11H,2,7H2,1H3/t3?,4-,5?,6?/m1/s1. The molecule has 72 valence electrons. The van der Waals surface area contributed by atoms with Crippen molar-refractivity contribution in [3.05, 3.63) is 0 Å². The molecule has 5 nitrogen and oxygen atoms in total. The molecule has 0 aliphatic rings. The molecule has 0 heterocycles. The fraction of sp³-hybridized carbons (Fsp3) is 1.00. The van der Waals surface area contributed by atoms with Crippen molar-refractivity contribution in [3.8, 4) is 0 Å². The van der Waals surface area contributed by atoms with Crippen LogP contribution in [-0.4, -0.2) is 59.5 Å². The van der Waals surface area contributed by atoms with Gasteiger partial charge in [0.05, 0.1) is 18.8 Å². The summed E-state index contributed by atoms with van der Waals surface area (Å²) in [7, 11) is 1.30. The van der Waals surface area contributed by atoms with Gasteiger partial charge < -0.3 is 25.1 Å². The maximum atomic E-state index is 9.25. The van der Waals surface area contributed by atoms with Gasteiger partial charge in [0.1, 0.15) is 12.2 Å². The monoisotopic (exact) mass is 178 g/mol. The second-order valence-electron chi connectivity index (χ2n) is 2.68. The highest BCUT2D eigenvalue weighted by molar-refractivity contribution is 5.98. The van der Waals surface area contributed by atoms with Crippen molar-refractivity contribution in [1.29, 1.82) is 0 Å². The SMILES string of the molecule is BO[C@H](CO)C(O)C(O)C(C)O. The lowest BCUT2D eigenvalue weighted by Gasteiger charge is -2.26. The van der Waals surface area contributed by atoms with Crippen molar-refractivity contribution >= 4 is 8.05 Å². The van der Waals surface area contributed by atoms with Crippen LogP contribution in [0, 0.1) is 0 Å². The summed E-state index contributed by atoms with van der Waals surface area (Å²) in [6.07, 6.45) is -4.50. The van der Waals surface area contributed by atoms with Crippen LogP contribution < -0.4 is 0 Å². The highest BCUT2D eigenvalue weighted by atomic mass is 16.5. The van der Waals surface area contributed by atoms with Crippen LogP contribution in [0.25, 0.3) is 0 Å². The lowest BCUT2D eigenvalue weighted by atomic mass is 10.0. The van der Waals surface area contributed by atoms with Gasteiger partial charge in [0.15, 0.2) is 0 Å². The molecule has 0 aliphatic carbocycles. The van der Waals surface area contributed by atoms with Crippen LogP contribution in [0.15, 0.2) is 0 Å². The molecule has 12 heavy (non-hydrogen) atoms. The number of aliphatic hydroxyl groups is 4. The highest BCUT2D eigenvalue weighted by Crippen LogP contribution is 2.06. The molecule has 0 saturated carbocycles. The molecule has 0 aliphatic heterocycles. The van der Waals surface area contributed by atoms with Gasteiger partial charge in [0.2, 0.25) is 0 Å². The van der Waals surface area contributed by atoms with E-state index < -0.39 is 31.0 Å². The average Bonchev–Trinajstić information content (AvgIpc) is 2.05. The van der Waals surface area contributed by atoms with E-state index in [4.69, 9.17) is 15.3 Å². The molecule has 4 atom stereocenters. The molecule has 0 spiro atoms. The molecule has 0 amide bonds. The lowest BCUT2D eigenvalue weighted by Crippen LogP contribution is -2.45. The minimum atomic E-state index is -1.30. The van der Waals surface area contributed by atoms with E-state index in [0.29, 0.717) is 0 Å². The molecule has 0 rings (SSSR count). The van der Waals surface area contributed by atoms with Gasteiger partial charge in [-0.1, -0.05) is 0 Å². The molecule has 0 aromatic rings. The van der Waals surface area contributed by atoms with Gasteiger partial charge in [-0.2, -0.15) is 0 Å². The molecule has 0 aromatic carbocycles. The normalized spacial score (nSPS) is 21.4. The molecule has 0 saturated heterocycles. The highest BCUT2D eigenvalue weighted by Gasteiger charge is 2.28. The van der Waals surface area contributed by atoms with E-state index in [9.17, 15) is 5.11 Å². The number of aliphatic hydroxyl groups excluding tert-OH is 4. The van der Waals surface area contributed by atoms with Gasteiger partial charge in [-0.15, -0.1) is 0 Å². The first kappa shape index (κ1) is 11.9. The van der Waals surface area contributed by atoms with Crippen molar-refractivity contribution in [1.82, 2.24) is 0 Å². The first-order valence-corrected chi connectivity index (χ1v) is 3.72. The lowest BCUT2D eigenvalue weighted by molar-refractivity contribution is -0.102. The van der Waals surface area contributed by atoms with E-state index in [2.05, 4.69) is 4.65 Å². The first-order chi connectivity index (χ1) is 5.54. The van der Waals surface area contributed by atoms with E-state index in [1.54, 1.807) is 0 Å². The van der Waals surface area contributed by atoms with Crippen molar-refractivity contribution in [2.24, 2.45) is 0 Å². The summed E-state index contributed by atoms with van der Waals surface area (Å²) in [5.74, 6) is 0. The second-order valence-corrected chi connectivity index (χ2v) is 2.68. The largest absolute Gasteiger partial charge is 0.436 e. The van der Waals surface area contributed by atoms with E-state index in [1.807, 2.05) is 0 Å². The third-order valence-electron chi connectivity index (χ3n) is 1.71. The van der Waals surface area contributed by atoms with Crippen molar-refractivity contribution in [2.75, 3.05) is 6.61 Å². The Morgan fingerprint density at radius 3 is 2.00 bits per heavy atom. The number of hydrogen-bond donors (Lipinski definition) is 4. The van der Waals surface area contributed by atoms with E-state index in [-0.39, 0.29) is 0 Å². The Kier molecular flexibility index (Phi) is 5.44. The molecule has 3 unspecified atom stereocenters. The molecule has 0 aromatic heterocycles. The first-order valence-electron chi connectivity index (χ1n) is 3.72. The topological polar surface area (TPSA) is 90.2 Å². The summed E-state index contributed by atoms with van der Waals surface area (Å²) >= 11 is 0. The average molecular weight is 178 g/mol. The van der Waals surface area contributed by atoms with Crippen LogP contribution in [0.2, 0.25) is 0 Å². The van der Waals surface area contributed by atoms with E-state index in [1.165, 1.54) is 15.0 Å². The Hall–Kier alpha value is -0.135. The van der Waals surface area contributed by atoms with E-state index >= 15 is 0 Å². The minimum Gasteiger partial charge on any atom is -0.436 e. The van der Waals surface area contributed by atoms with Gasteiger partial charge in [-0.25, -0.2) is 0 Å². The quantitative estimate of drug-likeness (QED) is 0.337. The third-order valence-corrected chi connectivity index (χ3v) is 1.71. The minimum absolute atomic E-state index is 0.401. The summed E-state index contributed by atoms with van der Waals surface area (Å²) in [6, 6.07) is 0. The Balaban J connectivity index is 4.05. The van der Waals surface area contributed by atoms with Crippen LogP contribution in [0.5, 0.6) is 0 Å². The molecular formula is C6H15BO5. The number of rotatable bonds is 5. The molecule has 0 radical (unpaired) electrons. The van der Waals surface area contributed by atoms with Gasteiger partial charge in [0.25, 0.3) is 8.05 Å². The van der Waals surface area contributed by atoms with Crippen LogP contribution in [0.3, 0.4) is 0 Å². The summed E-state index contributed by atoms with van der Waals surface area (Å²) in [4.78, 5) is 0. The molecule has 0 fully saturated rings. The van der Waals surface area contributed by atoms with Gasteiger partial charge >= 0.3 is 0 Å². The Bertz CT molecular complexity index is 115. The fourth-order valence-corrected chi connectivity index (χ4v) is 0.827. The molecular weight excluding hydrogens is 163 g/mol. The summed E-state index contributed by atoms with van der Waals surface area (Å²) in [6.45, 7) is 0.944. The smallest absolute Gasteiger partial charge is 0.257 e. The predicted octanol–water partition coefficient (Wildman–Crippen LogP) is -2.99. The van der Waals surface area contributed by atoms with Gasteiger partial charge in [0, 0.05) is 0 Å². The van der Waals surface area contributed by atoms with Gasteiger partial charge in [-0.3, -0.25) is 0 Å². The fourth-order valence-electron chi connectivity index (χ4n) is 0.827. The van der Waals surface area contributed by atoms with Crippen LogP contribution in [0.4, 0.5) is 0 Å². The van der Waals surface area contributed by atoms with Crippen LogP contribution >= 0.6 is 0 Å². The molecule has 0 bridgehead atoms. The van der Waals surface area contributed by atoms with Crippen molar-refractivity contribution < 1.29 is 25.1 Å². The zero-order valence-electron chi connectivity index (χ0n) is 7.21. The van der Waals surface area contributed by atoms with Crippen LogP contribution in [0.1, 0.15) is 6.92 Å². The maximum absolute atomic E-state index is 9.25. The summed E-state index contributed by atoms with van der Waals surface area (Å²) < 4.78 is 4.66. The van der Waals surface area contributed by atoms with Crippen molar-refractivity contribution in [2.45, 2.75) is 31.3 Å². The Morgan fingerprint density at radius 2 is 1.75 bits per heavy atom.